The van der Waals surface area contributed by atoms with Crippen molar-refractivity contribution >= 4 is 23.3 Å². The summed E-state index contributed by atoms with van der Waals surface area (Å²) in [5, 5.41) is 7.81. The normalized spacial score (nSPS) is 11.2. The molecule has 0 aromatic heterocycles. The second-order valence-corrected chi connectivity index (χ2v) is 5.30. The van der Waals surface area contributed by atoms with Crippen LogP contribution in [0.1, 0.15) is 20.3 Å². The predicted octanol–water partition coefficient (Wildman–Crippen LogP) is 3.12. The number of rotatable bonds is 7. The molecule has 0 spiro atoms. The standard InChI is InChI=1S/C15H20F3N3O3/c1-10(2)19-14(23)21-12-5-3-11(4-6-12)20-13(22)7-8-24-9-15(16,17)18/h3-6,10H,7-9H2,1-2H3,(H,20,22)(H2,19,21,23). The summed E-state index contributed by atoms with van der Waals surface area (Å²) in [4.78, 5) is 23.1. The monoisotopic (exact) mass is 347 g/mol. The Morgan fingerprint density at radius 1 is 1.08 bits per heavy atom. The van der Waals surface area contributed by atoms with Crippen LogP contribution in [0.25, 0.3) is 0 Å². The highest BCUT2D eigenvalue weighted by atomic mass is 19.4. The van der Waals surface area contributed by atoms with E-state index in [1.807, 2.05) is 13.8 Å². The fourth-order valence-electron chi connectivity index (χ4n) is 1.64. The van der Waals surface area contributed by atoms with Crippen molar-refractivity contribution in [3.63, 3.8) is 0 Å². The van der Waals surface area contributed by atoms with Gasteiger partial charge in [-0.2, -0.15) is 13.2 Å². The number of nitrogens with one attached hydrogen (secondary N) is 3. The quantitative estimate of drug-likeness (QED) is 0.663. The van der Waals surface area contributed by atoms with Crippen LogP contribution in [0.15, 0.2) is 24.3 Å². The van der Waals surface area contributed by atoms with Gasteiger partial charge in [-0.25, -0.2) is 4.79 Å². The van der Waals surface area contributed by atoms with Crippen molar-refractivity contribution in [3.05, 3.63) is 24.3 Å². The second kappa shape index (κ2) is 9.11. The van der Waals surface area contributed by atoms with Gasteiger partial charge >= 0.3 is 12.2 Å². The molecule has 0 unspecified atom stereocenters. The largest absolute Gasteiger partial charge is 0.411 e. The van der Waals surface area contributed by atoms with Crippen molar-refractivity contribution < 1.29 is 27.5 Å². The number of carbonyl (C=O) groups is 2. The minimum atomic E-state index is -4.40. The minimum Gasteiger partial charge on any atom is -0.372 e. The molecule has 0 fully saturated rings. The molecule has 24 heavy (non-hydrogen) atoms. The zero-order chi connectivity index (χ0) is 18.2. The van der Waals surface area contributed by atoms with E-state index in [9.17, 15) is 22.8 Å². The maximum atomic E-state index is 11.9. The molecule has 0 bridgehead atoms. The van der Waals surface area contributed by atoms with Gasteiger partial charge in [0.05, 0.1) is 13.0 Å². The van der Waals surface area contributed by atoms with Gasteiger partial charge in [-0.15, -0.1) is 0 Å². The van der Waals surface area contributed by atoms with Gasteiger partial charge in [0.15, 0.2) is 0 Å². The number of halogens is 3. The van der Waals surface area contributed by atoms with Crippen molar-refractivity contribution in [3.8, 4) is 0 Å². The number of carbonyl (C=O) groups excluding carboxylic acids is 2. The van der Waals surface area contributed by atoms with Crippen LogP contribution in [0.3, 0.4) is 0 Å². The van der Waals surface area contributed by atoms with Crippen molar-refractivity contribution in [2.75, 3.05) is 23.8 Å². The summed E-state index contributed by atoms with van der Waals surface area (Å²) < 4.78 is 40.0. The van der Waals surface area contributed by atoms with Gasteiger partial charge in [-0.05, 0) is 38.1 Å². The topological polar surface area (TPSA) is 79.5 Å². The molecule has 1 aromatic rings. The average molecular weight is 347 g/mol. The molecule has 1 aromatic carbocycles. The first kappa shape index (κ1) is 19.8. The summed E-state index contributed by atoms with van der Waals surface area (Å²) >= 11 is 0. The highest BCUT2D eigenvalue weighted by Gasteiger charge is 2.27. The molecule has 3 N–H and O–H groups in total. The number of amides is 3. The first-order chi connectivity index (χ1) is 11.2. The Morgan fingerprint density at radius 3 is 2.12 bits per heavy atom. The van der Waals surface area contributed by atoms with Crippen molar-refractivity contribution in [2.24, 2.45) is 0 Å². The molecule has 0 aliphatic rings. The predicted molar refractivity (Wildman–Crippen MR) is 83.9 cm³/mol. The van der Waals surface area contributed by atoms with Crippen molar-refractivity contribution in [2.45, 2.75) is 32.5 Å². The Morgan fingerprint density at radius 2 is 1.62 bits per heavy atom. The number of hydrogen-bond acceptors (Lipinski definition) is 3. The van der Waals surface area contributed by atoms with Crippen LogP contribution >= 0.6 is 0 Å². The molecule has 0 atom stereocenters. The third-order valence-electron chi connectivity index (χ3n) is 2.59. The lowest BCUT2D eigenvalue weighted by molar-refractivity contribution is -0.174. The molecule has 9 heteroatoms. The fraction of sp³-hybridized carbons (Fsp3) is 0.467. The van der Waals surface area contributed by atoms with Crippen LogP contribution in [-0.4, -0.2) is 37.4 Å². The summed E-state index contributed by atoms with van der Waals surface area (Å²) in [7, 11) is 0. The smallest absolute Gasteiger partial charge is 0.372 e. The van der Waals surface area contributed by atoms with E-state index in [0.717, 1.165) is 0 Å². The van der Waals surface area contributed by atoms with Crippen LogP contribution in [0.5, 0.6) is 0 Å². The first-order valence-electron chi connectivity index (χ1n) is 7.27. The van der Waals surface area contributed by atoms with Crippen molar-refractivity contribution in [1.82, 2.24) is 5.32 Å². The van der Waals surface area contributed by atoms with Gasteiger partial charge in [0.2, 0.25) is 5.91 Å². The highest BCUT2D eigenvalue weighted by Crippen LogP contribution is 2.15. The Labute approximate surface area is 137 Å². The van der Waals surface area contributed by atoms with Gasteiger partial charge in [0.25, 0.3) is 0 Å². The molecule has 0 aliphatic heterocycles. The van der Waals surface area contributed by atoms with Gasteiger partial charge in [-0.1, -0.05) is 0 Å². The van der Waals surface area contributed by atoms with E-state index < -0.39 is 18.7 Å². The summed E-state index contributed by atoms with van der Waals surface area (Å²) in [5.74, 6) is -0.463. The number of ether oxygens (including phenoxy) is 1. The SMILES string of the molecule is CC(C)NC(=O)Nc1ccc(NC(=O)CCOCC(F)(F)F)cc1. The lowest BCUT2D eigenvalue weighted by Crippen LogP contribution is -2.34. The van der Waals surface area contributed by atoms with Gasteiger partial charge in [-0.3, -0.25) is 4.79 Å². The van der Waals surface area contributed by atoms with E-state index in [0.29, 0.717) is 11.4 Å². The number of hydrogen-bond donors (Lipinski definition) is 3. The lowest BCUT2D eigenvalue weighted by atomic mass is 10.2. The zero-order valence-electron chi connectivity index (χ0n) is 13.4. The third-order valence-corrected chi connectivity index (χ3v) is 2.59. The second-order valence-electron chi connectivity index (χ2n) is 5.30. The highest BCUT2D eigenvalue weighted by molar-refractivity contribution is 5.92. The fourth-order valence-corrected chi connectivity index (χ4v) is 1.64. The molecule has 0 radical (unpaired) electrons. The van der Waals surface area contributed by atoms with Crippen LogP contribution in [0, 0.1) is 0 Å². The summed E-state index contributed by atoms with van der Waals surface area (Å²) in [5.41, 5.74) is 1.00. The molecule has 6 nitrogen and oxygen atoms in total. The Kier molecular flexibility index (Phi) is 7.50. The number of urea groups is 1. The molecular weight excluding hydrogens is 327 g/mol. The summed E-state index contributed by atoms with van der Waals surface area (Å²) in [6.45, 7) is 1.96. The summed E-state index contributed by atoms with van der Waals surface area (Å²) in [6, 6.07) is 5.98. The van der Waals surface area contributed by atoms with E-state index in [-0.39, 0.29) is 25.1 Å². The van der Waals surface area contributed by atoms with E-state index in [1.165, 1.54) is 0 Å². The van der Waals surface area contributed by atoms with Gasteiger partial charge in [0.1, 0.15) is 6.61 Å². The molecule has 0 saturated carbocycles. The van der Waals surface area contributed by atoms with E-state index in [2.05, 4.69) is 20.7 Å². The summed E-state index contributed by atoms with van der Waals surface area (Å²) in [6.07, 6.45) is -4.59. The zero-order valence-corrected chi connectivity index (χ0v) is 13.4. The van der Waals surface area contributed by atoms with Crippen molar-refractivity contribution in [1.29, 1.82) is 0 Å². The molecule has 134 valence electrons. The van der Waals surface area contributed by atoms with Crippen LogP contribution in [-0.2, 0) is 9.53 Å². The molecule has 0 aliphatic carbocycles. The average Bonchev–Trinajstić information content (AvgIpc) is 2.44. The molecule has 1 rings (SSSR count). The Balaban J connectivity index is 2.35. The Bertz CT molecular complexity index is 545. The van der Waals surface area contributed by atoms with Gasteiger partial charge in [0, 0.05) is 17.4 Å². The Hall–Kier alpha value is -2.29. The van der Waals surface area contributed by atoms with E-state index in [1.54, 1.807) is 24.3 Å². The molecule has 3 amide bonds. The first-order valence-corrected chi connectivity index (χ1v) is 7.27. The molecule has 0 saturated heterocycles. The van der Waals surface area contributed by atoms with Gasteiger partial charge < -0.3 is 20.7 Å². The maximum absolute atomic E-state index is 11.9. The van der Waals surface area contributed by atoms with Crippen LogP contribution < -0.4 is 16.0 Å². The van der Waals surface area contributed by atoms with Crippen LogP contribution in [0.4, 0.5) is 29.3 Å². The van der Waals surface area contributed by atoms with E-state index >= 15 is 0 Å². The van der Waals surface area contributed by atoms with Crippen LogP contribution in [0.2, 0.25) is 0 Å². The molecular formula is C15H20F3N3O3. The van der Waals surface area contributed by atoms with E-state index in [4.69, 9.17) is 0 Å². The number of alkyl halides is 3. The third kappa shape index (κ3) is 8.99. The number of anilines is 2. The molecule has 0 heterocycles. The maximum Gasteiger partial charge on any atom is 0.411 e. The minimum absolute atomic E-state index is 0.00289. The number of benzene rings is 1. The lowest BCUT2D eigenvalue weighted by Gasteiger charge is -2.11.